The quantitative estimate of drug-likeness (QED) is 0.679. The summed E-state index contributed by atoms with van der Waals surface area (Å²) in [4.78, 5) is 27.0. The Labute approximate surface area is 128 Å². The molecule has 0 saturated carbocycles. The molecule has 0 aliphatic carbocycles. The number of nitrogens with one attached hydrogen (secondary N) is 2. The van der Waals surface area contributed by atoms with E-state index in [2.05, 4.69) is 15.6 Å². The summed E-state index contributed by atoms with van der Waals surface area (Å²) in [5.74, 6) is -0.344. The standard InChI is InChI=1S/C14H21N3O3S/c1-3-10-5-4-7-15-12(10)9-16-14(20)17-11(13(18)19)6-8-21-2/h4-5,7,11H,3,6,8-9H2,1-2H3,(H,18,19)(H2,16,17,20)/t11-/m0/s1. The number of aryl methyl sites for hydroxylation is 1. The molecule has 0 spiro atoms. The van der Waals surface area contributed by atoms with Crippen LogP contribution in [0.25, 0.3) is 0 Å². The molecule has 0 aromatic carbocycles. The van der Waals surface area contributed by atoms with E-state index in [0.717, 1.165) is 17.7 Å². The monoisotopic (exact) mass is 311 g/mol. The van der Waals surface area contributed by atoms with Crippen LogP contribution < -0.4 is 10.6 Å². The summed E-state index contributed by atoms with van der Waals surface area (Å²) < 4.78 is 0. The van der Waals surface area contributed by atoms with Crippen molar-refractivity contribution in [2.24, 2.45) is 0 Å². The van der Waals surface area contributed by atoms with Crippen molar-refractivity contribution in [3.63, 3.8) is 0 Å². The fraction of sp³-hybridized carbons (Fsp3) is 0.500. The summed E-state index contributed by atoms with van der Waals surface area (Å²) >= 11 is 1.54. The van der Waals surface area contributed by atoms with Crippen molar-refractivity contribution >= 4 is 23.8 Å². The molecule has 116 valence electrons. The van der Waals surface area contributed by atoms with Gasteiger partial charge in [-0.05, 0) is 36.5 Å². The lowest BCUT2D eigenvalue weighted by atomic mass is 10.1. The second-order valence-corrected chi connectivity index (χ2v) is 5.45. The van der Waals surface area contributed by atoms with Crippen molar-refractivity contribution in [1.82, 2.24) is 15.6 Å². The number of carbonyl (C=O) groups excluding carboxylic acids is 1. The zero-order valence-electron chi connectivity index (χ0n) is 12.3. The molecule has 0 fully saturated rings. The predicted octanol–water partition coefficient (Wildman–Crippen LogP) is 1.65. The molecule has 1 atom stereocenters. The molecule has 0 aliphatic rings. The molecule has 0 saturated heterocycles. The molecule has 0 aliphatic heterocycles. The first-order chi connectivity index (χ1) is 10.1. The van der Waals surface area contributed by atoms with Crippen LogP contribution in [0.1, 0.15) is 24.6 Å². The van der Waals surface area contributed by atoms with Crippen LogP contribution in [-0.4, -0.2) is 40.1 Å². The van der Waals surface area contributed by atoms with Gasteiger partial charge in [-0.2, -0.15) is 11.8 Å². The number of hydrogen-bond acceptors (Lipinski definition) is 4. The smallest absolute Gasteiger partial charge is 0.326 e. The first-order valence-electron chi connectivity index (χ1n) is 6.77. The lowest BCUT2D eigenvalue weighted by Gasteiger charge is -2.15. The molecule has 0 radical (unpaired) electrons. The van der Waals surface area contributed by atoms with Gasteiger partial charge in [0.05, 0.1) is 12.2 Å². The van der Waals surface area contributed by atoms with Gasteiger partial charge in [0.2, 0.25) is 0 Å². The average molecular weight is 311 g/mol. The SMILES string of the molecule is CCc1cccnc1CNC(=O)N[C@@H](CCSC)C(=O)O. The molecule has 2 amide bonds. The minimum absolute atomic E-state index is 0.282. The summed E-state index contributed by atoms with van der Waals surface area (Å²) in [6.07, 6.45) is 4.80. The number of carboxylic acid groups (broad SMARTS) is 1. The Hall–Kier alpha value is -1.76. The van der Waals surface area contributed by atoms with E-state index >= 15 is 0 Å². The second kappa shape index (κ2) is 9.23. The summed E-state index contributed by atoms with van der Waals surface area (Å²) in [6.45, 7) is 2.30. The Kier molecular flexibility index (Phi) is 7.60. The maximum atomic E-state index is 11.8. The van der Waals surface area contributed by atoms with Crippen LogP contribution in [-0.2, 0) is 17.8 Å². The van der Waals surface area contributed by atoms with Gasteiger partial charge in [-0.15, -0.1) is 0 Å². The van der Waals surface area contributed by atoms with E-state index in [0.29, 0.717) is 12.2 Å². The van der Waals surface area contributed by atoms with E-state index in [9.17, 15) is 9.59 Å². The maximum Gasteiger partial charge on any atom is 0.326 e. The normalized spacial score (nSPS) is 11.7. The summed E-state index contributed by atoms with van der Waals surface area (Å²) in [5, 5.41) is 14.2. The van der Waals surface area contributed by atoms with Gasteiger partial charge in [0.15, 0.2) is 0 Å². The van der Waals surface area contributed by atoms with Crippen LogP contribution >= 0.6 is 11.8 Å². The molecule has 1 aromatic heterocycles. The largest absolute Gasteiger partial charge is 0.480 e. The highest BCUT2D eigenvalue weighted by Crippen LogP contribution is 2.05. The number of urea groups is 1. The Morgan fingerprint density at radius 3 is 2.86 bits per heavy atom. The fourth-order valence-electron chi connectivity index (χ4n) is 1.82. The van der Waals surface area contributed by atoms with Gasteiger partial charge in [-0.1, -0.05) is 13.0 Å². The average Bonchev–Trinajstić information content (AvgIpc) is 2.49. The molecule has 3 N–H and O–H groups in total. The number of carboxylic acids is 1. The van der Waals surface area contributed by atoms with Crippen molar-refractivity contribution in [3.05, 3.63) is 29.6 Å². The summed E-state index contributed by atoms with van der Waals surface area (Å²) in [6, 6.07) is 2.45. The number of rotatable bonds is 8. The van der Waals surface area contributed by atoms with Crippen molar-refractivity contribution in [2.75, 3.05) is 12.0 Å². The molecule has 7 heteroatoms. The van der Waals surface area contributed by atoms with Gasteiger partial charge in [-0.25, -0.2) is 9.59 Å². The Morgan fingerprint density at radius 2 is 2.24 bits per heavy atom. The molecule has 21 heavy (non-hydrogen) atoms. The highest BCUT2D eigenvalue weighted by atomic mass is 32.2. The molecular weight excluding hydrogens is 290 g/mol. The highest BCUT2D eigenvalue weighted by molar-refractivity contribution is 7.98. The van der Waals surface area contributed by atoms with Gasteiger partial charge >= 0.3 is 12.0 Å². The Balaban J connectivity index is 2.50. The fourth-order valence-corrected chi connectivity index (χ4v) is 2.29. The molecule has 0 unspecified atom stereocenters. The third-order valence-corrected chi connectivity index (χ3v) is 3.64. The van der Waals surface area contributed by atoms with Gasteiger partial charge in [-0.3, -0.25) is 4.98 Å². The van der Waals surface area contributed by atoms with Gasteiger partial charge in [0, 0.05) is 6.20 Å². The third kappa shape index (κ3) is 6.03. The van der Waals surface area contributed by atoms with E-state index in [1.807, 2.05) is 25.3 Å². The minimum Gasteiger partial charge on any atom is -0.480 e. The number of aliphatic carboxylic acids is 1. The number of thioether (sulfide) groups is 1. The predicted molar refractivity (Wildman–Crippen MR) is 83.4 cm³/mol. The number of nitrogens with zero attached hydrogens (tertiary/aromatic N) is 1. The van der Waals surface area contributed by atoms with Gasteiger partial charge in [0.25, 0.3) is 0 Å². The van der Waals surface area contributed by atoms with E-state index in [-0.39, 0.29) is 6.54 Å². The Morgan fingerprint density at radius 1 is 1.48 bits per heavy atom. The zero-order valence-corrected chi connectivity index (χ0v) is 13.1. The first kappa shape index (κ1) is 17.3. The van der Waals surface area contributed by atoms with Crippen molar-refractivity contribution in [2.45, 2.75) is 32.4 Å². The summed E-state index contributed by atoms with van der Waals surface area (Å²) in [7, 11) is 0. The molecule has 1 rings (SSSR count). The van der Waals surface area contributed by atoms with Crippen LogP contribution in [0.2, 0.25) is 0 Å². The van der Waals surface area contributed by atoms with Gasteiger partial charge < -0.3 is 15.7 Å². The lowest BCUT2D eigenvalue weighted by molar-refractivity contribution is -0.139. The molecule has 1 heterocycles. The highest BCUT2D eigenvalue weighted by Gasteiger charge is 2.19. The van der Waals surface area contributed by atoms with Crippen LogP contribution in [0, 0.1) is 0 Å². The van der Waals surface area contributed by atoms with Gasteiger partial charge in [0.1, 0.15) is 6.04 Å². The number of carbonyl (C=O) groups is 2. The number of hydrogen-bond donors (Lipinski definition) is 3. The molecule has 0 bridgehead atoms. The van der Waals surface area contributed by atoms with Crippen LogP contribution in [0.3, 0.4) is 0 Å². The van der Waals surface area contributed by atoms with Crippen LogP contribution in [0.15, 0.2) is 18.3 Å². The number of aromatic nitrogens is 1. The van der Waals surface area contributed by atoms with Crippen molar-refractivity contribution in [1.29, 1.82) is 0 Å². The van der Waals surface area contributed by atoms with Crippen LogP contribution in [0.5, 0.6) is 0 Å². The summed E-state index contributed by atoms with van der Waals surface area (Å²) in [5.41, 5.74) is 1.86. The number of amides is 2. The second-order valence-electron chi connectivity index (χ2n) is 4.46. The van der Waals surface area contributed by atoms with Crippen molar-refractivity contribution in [3.8, 4) is 0 Å². The first-order valence-corrected chi connectivity index (χ1v) is 8.16. The van der Waals surface area contributed by atoms with E-state index in [1.54, 1.807) is 18.0 Å². The zero-order chi connectivity index (χ0) is 15.7. The number of pyridine rings is 1. The third-order valence-electron chi connectivity index (χ3n) is 3.00. The van der Waals surface area contributed by atoms with Crippen LogP contribution in [0.4, 0.5) is 4.79 Å². The minimum atomic E-state index is -1.02. The molecule has 6 nitrogen and oxygen atoms in total. The maximum absolute atomic E-state index is 11.8. The van der Waals surface area contributed by atoms with E-state index in [4.69, 9.17) is 5.11 Å². The lowest BCUT2D eigenvalue weighted by Crippen LogP contribution is -2.46. The molecular formula is C14H21N3O3S. The van der Waals surface area contributed by atoms with E-state index in [1.165, 1.54) is 0 Å². The van der Waals surface area contributed by atoms with E-state index < -0.39 is 18.0 Å². The topological polar surface area (TPSA) is 91.3 Å². The Bertz CT molecular complexity index is 482. The van der Waals surface area contributed by atoms with Crippen molar-refractivity contribution < 1.29 is 14.7 Å². The molecule has 1 aromatic rings.